The zero-order valence-corrected chi connectivity index (χ0v) is 16.4. The highest BCUT2D eigenvalue weighted by molar-refractivity contribution is 6.03. The maximum Gasteiger partial charge on any atom is 0.150 e. The Bertz CT molecular complexity index is 1320. The Morgan fingerprint density at radius 3 is 2.43 bits per heavy atom. The first-order chi connectivity index (χ1) is 14.7. The Labute approximate surface area is 173 Å². The van der Waals surface area contributed by atoms with Crippen LogP contribution in [0.3, 0.4) is 0 Å². The van der Waals surface area contributed by atoms with Crippen molar-refractivity contribution in [1.29, 1.82) is 0 Å². The monoisotopic (exact) mass is 394 g/mol. The Balaban J connectivity index is 1.74. The molecule has 5 rings (SSSR count). The fourth-order valence-corrected chi connectivity index (χ4v) is 3.65. The molecule has 4 nitrogen and oxygen atoms in total. The highest BCUT2D eigenvalue weighted by Crippen LogP contribution is 2.36. The number of anilines is 2. The molecule has 5 heteroatoms. The topological polar surface area (TPSA) is 42.7 Å². The van der Waals surface area contributed by atoms with Crippen molar-refractivity contribution in [1.82, 2.24) is 14.5 Å². The van der Waals surface area contributed by atoms with Gasteiger partial charge in [0.25, 0.3) is 0 Å². The molecule has 0 unspecified atom stereocenters. The van der Waals surface area contributed by atoms with Gasteiger partial charge in [0.2, 0.25) is 0 Å². The molecule has 0 fully saturated rings. The number of nitrogens with zero attached hydrogens (tertiary/aromatic N) is 3. The third-order valence-electron chi connectivity index (χ3n) is 5.05. The molecule has 2 aromatic heterocycles. The van der Waals surface area contributed by atoms with Crippen LogP contribution in [0.2, 0.25) is 0 Å². The molecule has 0 radical (unpaired) electrons. The molecule has 0 aliphatic rings. The lowest BCUT2D eigenvalue weighted by Gasteiger charge is -2.09. The Hall–Kier alpha value is -3.99. The van der Waals surface area contributed by atoms with Crippen LogP contribution in [-0.2, 0) is 0 Å². The van der Waals surface area contributed by atoms with E-state index in [4.69, 9.17) is 0 Å². The molecule has 2 heterocycles. The summed E-state index contributed by atoms with van der Waals surface area (Å²) < 4.78 is 15.5. The number of benzene rings is 3. The number of hydrogen-bond donors (Lipinski definition) is 1. The van der Waals surface area contributed by atoms with Crippen molar-refractivity contribution in [2.24, 2.45) is 0 Å². The summed E-state index contributed by atoms with van der Waals surface area (Å²) in [4.78, 5) is 9.11. The van der Waals surface area contributed by atoms with Crippen LogP contribution >= 0.6 is 0 Å². The average molecular weight is 394 g/mol. The molecule has 5 aromatic rings. The minimum Gasteiger partial charge on any atom is -0.340 e. The first kappa shape index (κ1) is 18.1. The minimum absolute atomic E-state index is 0.269. The van der Waals surface area contributed by atoms with Gasteiger partial charge in [0.1, 0.15) is 18.0 Å². The number of hydrogen-bond acceptors (Lipinski definition) is 3. The number of halogens is 1. The largest absolute Gasteiger partial charge is 0.340 e. The number of aromatic nitrogens is 3. The molecule has 0 aliphatic carbocycles. The standard InChI is InChI=1S/C25H19FN4/c1-17-6-5-9-20(14-17)29-24-23-22(18-7-3-2-4-8-18)15-30(25(23)28-16-27-24)21-12-10-19(26)11-13-21/h2-16H,1H3,(H,27,28,29). The van der Waals surface area contributed by atoms with Crippen LogP contribution in [0.5, 0.6) is 0 Å². The van der Waals surface area contributed by atoms with E-state index in [9.17, 15) is 4.39 Å². The fourth-order valence-electron chi connectivity index (χ4n) is 3.65. The summed E-state index contributed by atoms with van der Waals surface area (Å²) in [5.41, 5.74) is 5.78. The van der Waals surface area contributed by atoms with E-state index in [0.717, 1.165) is 44.9 Å². The molecule has 0 aliphatic heterocycles. The number of nitrogens with one attached hydrogen (secondary N) is 1. The first-order valence-corrected chi connectivity index (χ1v) is 9.70. The summed E-state index contributed by atoms with van der Waals surface area (Å²) in [5, 5.41) is 4.36. The lowest BCUT2D eigenvalue weighted by Crippen LogP contribution is -1.98. The lowest BCUT2D eigenvalue weighted by atomic mass is 10.1. The first-order valence-electron chi connectivity index (χ1n) is 9.70. The Morgan fingerprint density at radius 1 is 0.867 bits per heavy atom. The second-order valence-electron chi connectivity index (χ2n) is 7.17. The third-order valence-corrected chi connectivity index (χ3v) is 5.05. The van der Waals surface area contributed by atoms with Gasteiger partial charge in [-0.3, -0.25) is 0 Å². The van der Waals surface area contributed by atoms with E-state index in [1.807, 2.05) is 41.1 Å². The van der Waals surface area contributed by atoms with Gasteiger partial charge in [-0.25, -0.2) is 14.4 Å². The maximum atomic E-state index is 13.5. The third kappa shape index (κ3) is 3.31. The van der Waals surface area contributed by atoms with Gasteiger partial charge in [-0.2, -0.15) is 0 Å². The molecule has 0 saturated carbocycles. The van der Waals surface area contributed by atoms with Crippen molar-refractivity contribution in [2.45, 2.75) is 6.92 Å². The Morgan fingerprint density at radius 2 is 1.67 bits per heavy atom. The van der Waals surface area contributed by atoms with E-state index in [1.54, 1.807) is 18.5 Å². The van der Waals surface area contributed by atoms with Gasteiger partial charge in [0.05, 0.1) is 5.39 Å². The van der Waals surface area contributed by atoms with Crippen LogP contribution in [-0.4, -0.2) is 14.5 Å². The molecule has 30 heavy (non-hydrogen) atoms. The van der Waals surface area contributed by atoms with Gasteiger partial charge in [0.15, 0.2) is 5.65 Å². The molecule has 0 spiro atoms. The number of rotatable bonds is 4. The van der Waals surface area contributed by atoms with E-state index in [2.05, 4.69) is 46.5 Å². The predicted octanol–water partition coefficient (Wildman–Crippen LogP) is 6.28. The van der Waals surface area contributed by atoms with Crippen LogP contribution in [0.1, 0.15) is 5.56 Å². The van der Waals surface area contributed by atoms with E-state index in [0.29, 0.717) is 0 Å². The highest BCUT2D eigenvalue weighted by Gasteiger charge is 2.17. The molecule has 0 amide bonds. The van der Waals surface area contributed by atoms with Gasteiger partial charge in [-0.1, -0.05) is 42.5 Å². The summed E-state index contributed by atoms with van der Waals surface area (Å²) >= 11 is 0. The molecule has 0 atom stereocenters. The van der Waals surface area contributed by atoms with E-state index in [-0.39, 0.29) is 5.82 Å². The molecule has 146 valence electrons. The van der Waals surface area contributed by atoms with E-state index >= 15 is 0 Å². The van der Waals surface area contributed by atoms with Gasteiger partial charge in [0, 0.05) is 23.1 Å². The quantitative estimate of drug-likeness (QED) is 0.390. The summed E-state index contributed by atoms with van der Waals surface area (Å²) in [5.74, 6) is 0.459. The van der Waals surface area contributed by atoms with Crippen LogP contribution in [0, 0.1) is 12.7 Å². The number of aryl methyl sites for hydroxylation is 1. The molecule has 1 N–H and O–H groups in total. The Kier molecular flexibility index (Phi) is 4.48. The highest BCUT2D eigenvalue weighted by atomic mass is 19.1. The smallest absolute Gasteiger partial charge is 0.150 e. The number of fused-ring (bicyclic) bond motifs is 1. The summed E-state index contributed by atoms with van der Waals surface area (Å²) in [6.07, 6.45) is 3.58. The van der Waals surface area contributed by atoms with Crippen molar-refractivity contribution in [3.8, 4) is 16.8 Å². The SMILES string of the molecule is Cc1cccc(Nc2ncnc3c2c(-c2ccccc2)cn3-c2ccc(F)cc2)c1. The van der Waals surface area contributed by atoms with Gasteiger partial charge < -0.3 is 9.88 Å². The molecule has 0 bridgehead atoms. The molecular weight excluding hydrogens is 375 g/mol. The van der Waals surface area contributed by atoms with Crippen molar-refractivity contribution in [2.75, 3.05) is 5.32 Å². The molecular formula is C25H19FN4. The fraction of sp³-hybridized carbons (Fsp3) is 0.0400. The average Bonchev–Trinajstić information content (AvgIpc) is 3.16. The molecule has 3 aromatic carbocycles. The second-order valence-corrected chi connectivity index (χ2v) is 7.17. The van der Waals surface area contributed by atoms with Crippen molar-refractivity contribution in [3.63, 3.8) is 0 Å². The van der Waals surface area contributed by atoms with Crippen LogP contribution in [0.25, 0.3) is 27.8 Å². The van der Waals surface area contributed by atoms with Crippen molar-refractivity contribution >= 4 is 22.5 Å². The lowest BCUT2D eigenvalue weighted by molar-refractivity contribution is 0.627. The summed E-state index contributed by atoms with van der Waals surface area (Å²) in [6.45, 7) is 2.06. The maximum absolute atomic E-state index is 13.5. The van der Waals surface area contributed by atoms with E-state index < -0.39 is 0 Å². The predicted molar refractivity (Wildman–Crippen MR) is 119 cm³/mol. The van der Waals surface area contributed by atoms with Gasteiger partial charge >= 0.3 is 0 Å². The van der Waals surface area contributed by atoms with Crippen molar-refractivity contribution in [3.05, 3.63) is 103 Å². The van der Waals surface area contributed by atoms with Gasteiger partial charge in [-0.05, 0) is 54.4 Å². The second kappa shape index (κ2) is 7.44. The molecule has 0 saturated heterocycles. The summed E-state index contributed by atoms with van der Waals surface area (Å²) in [7, 11) is 0. The normalized spacial score (nSPS) is 11.0. The minimum atomic E-state index is -0.269. The van der Waals surface area contributed by atoms with Crippen LogP contribution in [0.4, 0.5) is 15.9 Å². The van der Waals surface area contributed by atoms with Crippen molar-refractivity contribution < 1.29 is 4.39 Å². The summed E-state index contributed by atoms with van der Waals surface area (Å²) in [6, 6.07) is 24.7. The zero-order chi connectivity index (χ0) is 20.5. The van der Waals surface area contributed by atoms with Crippen LogP contribution in [0.15, 0.2) is 91.4 Å². The van der Waals surface area contributed by atoms with Gasteiger partial charge in [-0.15, -0.1) is 0 Å². The zero-order valence-electron chi connectivity index (χ0n) is 16.4. The van der Waals surface area contributed by atoms with Crippen LogP contribution < -0.4 is 5.32 Å². The van der Waals surface area contributed by atoms with E-state index in [1.165, 1.54) is 12.1 Å².